The summed E-state index contributed by atoms with van der Waals surface area (Å²) < 4.78 is 57.1. The maximum Gasteiger partial charge on any atom is 0.419 e. The van der Waals surface area contributed by atoms with Crippen molar-refractivity contribution in [3.8, 4) is 16.9 Å². The zero-order valence-corrected chi connectivity index (χ0v) is 21.6. The van der Waals surface area contributed by atoms with E-state index in [0.717, 1.165) is 24.6 Å². The van der Waals surface area contributed by atoms with Gasteiger partial charge in [0.15, 0.2) is 5.96 Å². The summed E-state index contributed by atoms with van der Waals surface area (Å²) in [6, 6.07) is 10.9. The van der Waals surface area contributed by atoms with Gasteiger partial charge in [-0.15, -0.1) is 0 Å². The van der Waals surface area contributed by atoms with Crippen molar-refractivity contribution in [2.24, 2.45) is 22.2 Å². The molecule has 0 radical (unpaired) electrons. The SMILES string of the molecule is NCCCc1cc(-c2cc3cn(-c4ccc(CNCCCN=C(N)N)cc4)c(=O)nc3[nH]2)c(F)c(C(F)(F)F)c1. The minimum Gasteiger partial charge on any atom is -0.370 e. The van der Waals surface area contributed by atoms with Crippen molar-refractivity contribution in [2.75, 3.05) is 19.6 Å². The average Bonchev–Trinajstić information content (AvgIpc) is 3.31. The van der Waals surface area contributed by atoms with Gasteiger partial charge in [-0.25, -0.2) is 9.18 Å². The van der Waals surface area contributed by atoms with Gasteiger partial charge in [-0.2, -0.15) is 18.2 Å². The number of benzene rings is 2. The minimum atomic E-state index is -4.87. The smallest absolute Gasteiger partial charge is 0.370 e. The molecule has 212 valence electrons. The molecular weight excluding hydrogens is 528 g/mol. The number of hydrogen-bond acceptors (Lipinski definition) is 5. The van der Waals surface area contributed by atoms with E-state index in [2.05, 4.69) is 20.3 Å². The van der Waals surface area contributed by atoms with Gasteiger partial charge in [-0.3, -0.25) is 9.56 Å². The number of nitrogens with one attached hydrogen (secondary N) is 2. The molecule has 4 rings (SSSR count). The van der Waals surface area contributed by atoms with Crippen LogP contribution in [0, 0.1) is 5.82 Å². The molecule has 40 heavy (non-hydrogen) atoms. The molecular formula is C27H30F4N8O. The maximum absolute atomic E-state index is 15.1. The van der Waals surface area contributed by atoms with Gasteiger partial charge in [0.2, 0.25) is 0 Å². The summed E-state index contributed by atoms with van der Waals surface area (Å²) in [5.74, 6) is -1.34. The fraction of sp³-hybridized carbons (Fsp3) is 0.296. The third-order valence-electron chi connectivity index (χ3n) is 6.26. The lowest BCUT2D eigenvalue weighted by atomic mass is 9.99. The topological polar surface area (TPSA) is 153 Å². The Morgan fingerprint density at radius 2 is 1.82 bits per heavy atom. The highest BCUT2D eigenvalue weighted by Gasteiger charge is 2.36. The minimum absolute atomic E-state index is 0.0599. The molecule has 9 nitrogen and oxygen atoms in total. The first-order valence-corrected chi connectivity index (χ1v) is 12.6. The van der Waals surface area contributed by atoms with E-state index in [0.29, 0.717) is 36.1 Å². The van der Waals surface area contributed by atoms with Crippen LogP contribution >= 0.6 is 0 Å². The number of guanidine groups is 1. The van der Waals surface area contributed by atoms with Gasteiger partial charge in [-0.05, 0) is 73.8 Å². The first-order chi connectivity index (χ1) is 19.1. The van der Waals surface area contributed by atoms with Crippen LogP contribution in [0.15, 0.2) is 58.4 Å². The van der Waals surface area contributed by atoms with E-state index in [4.69, 9.17) is 17.2 Å². The van der Waals surface area contributed by atoms with Crippen LogP contribution in [-0.2, 0) is 19.1 Å². The first-order valence-electron chi connectivity index (χ1n) is 12.6. The summed E-state index contributed by atoms with van der Waals surface area (Å²) >= 11 is 0. The van der Waals surface area contributed by atoms with Gasteiger partial charge in [0.25, 0.3) is 0 Å². The van der Waals surface area contributed by atoms with Crippen molar-refractivity contribution in [1.82, 2.24) is 19.9 Å². The molecule has 0 aliphatic carbocycles. The summed E-state index contributed by atoms with van der Waals surface area (Å²) in [6.07, 6.45) is -1.87. The monoisotopic (exact) mass is 558 g/mol. The second-order valence-corrected chi connectivity index (χ2v) is 9.28. The van der Waals surface area contributed by atoms with Crippen LogP contribution in [0.5, 0.6) is 0 Å². The first kappa shape index (κ1) is 28.8. The highest BCUT2D eigenvalue weighted by molar-refractivity contribution is 5.83. The number of halogens is 4. The number of aromatic amines is 1. The molecule has 8 N–H and O–H groups in total. The number of fused-ring (bicyclic) bond motifs is 1. The number of aromatic nitrogens is 3. The molecule has 0 amide bonds. The number of nitrogens with two attached hydrogens (primary N) is 3. The van der Waals surface area contributed by atoms with Crippen molar-refractivity contribution < 1.29 is 17.6 Å². The Bertz CT molecular complexity index is 1550. The van der Waals surface area contributed by atoms with E-state index < -0.39 is 23.2 Å². The lowest BCUT2D eigenvalue weighted by Crippen LogP contribution is -2.23. The Kier molecular flexibility index (Phi) is 8.85. The molecule has 0 aliphatic heterocycles. The molecule has 0 aliphatic rings. The molecule has 0 bridgehead atoms. The third kappa shape index (κ3) is 6.85. The van der Waals surface area contributed by atoms with Gasteiger partial charge < -0.3 is 27.5 Å². The van der Waals surface area contributed by atoms with Crippen LogP contribution in [0.1, 0.15) is 29.5 Å². The number of hydrogen-bond donors (Lipinski definition) is 5. The normalized spacial score (nSPS) is 11.7. The van der Waals surface area contributed by atoms with Gasteiger partial charge in [-0.1, -0.05) is 12.1 Å². The Balaban J connectivity index is 1.58. The highest BCUT2D eigenvalue weighted by atomic mass is 19.4. The van der Waals surface area contributed by atoms with Gasteiger partial charge in [0.05, 0.1) is 16.9 Å². The fourth-order valence-corrected chi connectivity index (χ4v) is 4.28. The molecule has 0 unspecified atom stereocenters. The molecule has 2 aromatic heterocycles. The van der Waals surface area contributed by atoms with Crippen LogP contribution in [0.2, 0.25) is 0 Å². The number of H-pyrrole nitrogens is 1. The Labute approximate surface area is 227 Å². The molecule has 2 heterocycles. The molecule has 2 aromatic carbocycles. The number of rotatable bonds is 11. The largest absolute Gasteiger partial charge is 0.419 e. The molecule has 0 atom stereocenters. The molecule has 0 spiro atoms. The summed E-state index contributed by atoms with van der Waals surface area (Å²) in [6.45, 7) is 2.14. The predicted molar refractivity (Wildman–Crippen MR) is 146 cm³/mol. The van der Waals surface area contributed by atoms with E-state index >= 15 is 4.39 Å². The second-order valence-electron chi connectivity index (χ2n) is 9.28. The highest BCUT2D eigenvalue weighted by Crippen LogP contribution is 2.37. The van der Waals surface area contributed by atoms with Crippen molar-refractivity contribution in [3.63, 3.8) is 0 Å². The van der Waals surface area contributed by atoms with Gasteiger partial charge in [0.1, 0.15) is 11.5 Å². The molecule has 0 saturated carbocycles. The molecule has 4 aromatic rings. The number of aryl methyl sites for hydroxylation is 1. The van der Waals surface area contributed by atoms with Gasteiger partial charge in [0, 0.05) is 30.2 Å². The third-order valence-corrected chi connectivity index (χ3v) is 6.26. The van der Waals surface area contributed by atoms with Crippen molar-refractivity contribution in [2.45, 2.75) is 32.0 Å². The van der Waals surface area contributed by atoms with Crippen molar-refractivity contribution >= 4 is 17.0 Å². The van der Waals surface area contributed by atoms with Crippen LogP contribution in [-0.4, -0.2) is 40.1 Å². The van der Waals surface area contributed by atoms with Gasteiger partial charge >= 0.3 is 11.9 Å². The summed E-state index contributed by atoms with van der Waals surface area (Å²) in [7, 11) is 0. The summed E-state index contributed by atoms with van der Waals surface area (Å²) in [5, 5.41) is 3.71. The average molecular weight is 559 g/mol. The number of nitrogens with zero attached hydrogens (tertiary/aromatic N) is 3. The lowest BCUT2D eigenvalue weighted by molar-refractivity contribution is -0.140. The molecule has 0 fully saturated rings. The number of aliphatic imine (C=N–C) groups is 1. The van der Waals surface area contributed by atoms with Crippen molar-refractivity contribution in [1.29, 1.82) is 0 Å². The predicted octanol–water partition coefficient (Wildman–Crippen LogP) is 3.18. The van der Waals surface area contributed by atoms with E-state index in [-0.39, 0.29) is 35.8 Å². The Hall–Kier alpha value is -4.23. The van der Waals surface area contributed by atoms with Crippen LogP contribution in [0.3, 0.4) is 0 Å². The zero-order valence-electron chi connectivity index (χ0n) is 21.6. The molecule has 0 saturated heterocycles. The second kappa shape index (κ2) is 12.3. The van der Waals surface area contributed by atoms with Crippen LogP contribution in [0.4, 0.5) is 17.6 Å². The van der Waals surface area contributed by atoms with E-state index in [9.17, 15) is 18.0 Å². The Morgan fingerprint density at radius 3 is 2.50 bits per heavy atom. The van der Waals surface area contributed by atoms with E-state index in [1.807, 2.05) is 12.1 Å². The van der Waals surface area contributed by atoms with Crippen molar-refractivity contribution in [3.05, 3.63) is 81.7 Å². The standard InChI is InChI=1S/C27H30F4N8O/c28-23-20(11-17(3-1-8-32)12-21(23)27(29,30)31)22-13-18-15-39(26(40)38-24(18)37-22)19-6-4-16(5-7-19)14-35-9-2-10-36-25(33)34/h4-7,11-13,15,35H,1-3,8-10,14,32H2,(H4,33,34,36)(H,37,38,40). The Morgan fingerprint density at radius 1 is 1.07 bits per heavy atom. The summed E-state index contributed by atoms with van der Waals surface area (Å²) in [5.41, 5.74) is 16.0. The number of alkyl halides is 3. The fourth-order valence-electron chi connectivity index (χ4n) is 4.28. The van der Waals surface area contributed by atoms with E-state index in [1.54, 1.807) is 12.1 Å². The van der Waals surface area contributed by atoms with Crippen LogP contribution in [0.25, 0.3) is 28.0 Å². The molecule has 13 heteroatoms. The zero-order chi connectivity index (χ0) is 28.9. The maximum atomic E-state index is 15.1. The van der Waals surface area contributed by atoms with Crippen LogP contribution < -0.4 is 28.2 Å². The lowest BCUT2D eigenvalue weighted by Gasteiger charge is -2.13. The summed E-state index contributed by atoms with van der Waals surface area (Å²) in [4.78, 5) is 23.5. The van der Waals surface area contributed by atoms with E-state index in [1.165, 1.54) is 22.9 Å². The quantitative estimate of drug-likeness (QED) is 0.0825.